The number of fused-ring (bicyclic) bond motifs is 1. The van der Waals surface area contributed by atoms with Gasteiger partial charge in [-0.25, -0.2) is 4.98 Å². The van der Waals surface area contributed by atoms with Crippen LogP contribution in [-0.4, -0.2) is 4.98 Å². The molecule has 0 saturated heterocycles. The van der Waals surface area contributed by atoms with Crippen molar-refractivity contribution >= 4 is 16.8 Å². The van der Waals surface area contributed by atoms with Gasteiger partial charge in [0.05, 0.1) is 5.69 Å². The Hall–Kier alpha value is -2.29. The van der Waals surface area contributed by atoms with Crippen LogP contribution in [0, 0.1) is 0 Å². The Morgan fingerprint density at radius 3 is 2.56 bits per heavy atom. The maximum atomic E-state index is 5.84. The Kier molecular flexibility index (Phi) is 2.73. The smallest absolute Gasteiger partial charge is 0.195 e. The van der Waals surface area contributed by atoms with Gasteiger partial charge >= 0.3 is 0 Å². The second-order valence-corrected chi connectivity index (χ2v) is 4.29. The average molecular weight is 238 g/mol. The summed E-state index contributed by atoms with van der Waals surface area (Å²) in [6.45, 7) is 0. The van der Waals surface area contributed by atoms with Crippen molar-refractivity contribution in [1.29, 1.82) is 0 Å². The number of nitrogens with two attached hydrogens (primary N) is 1. The van der Waals surface area contributed by atoms with Gasteiger partial charge in [0, 0.05) is 6.42 Å². The Balaban J connectivity index is 1.81. The normalized spacial score (nSPS) is 10.9. The summed E-state index contributed by atoms with van der Waals surface area (Å²) in [5.74, 6) is 0.742. The number of para-hydroxylation sites is 1. The molecule has 1 aromatic heterocycles. The number of aryl methyl sites for hydroxylation is 2. The molecule has 0 radical (unpaired) electrons. The number of oxazole rings is 1. The third-order valence-electron chi connectivity index (χ3n) is 2.96. The van der Waals surface area contributed by atoms with Gasteiger partial charge in [0.2, 0.25) is 0 Å². The number of hydrogen-bond donors (Lipinski definition) is 1. The van der Waals surface area contributed by atoms with Gasteiger partial charge in [-0.1, -0.05) is 36.4 Å². The Morgan fingerprint density at radius 1 is 0.944 bits per heavy atom. The number of nitrogen functional groups attached to an aromatic ring is 1. The molecule has 0 unspecified atom stereocenters. The van der Waals surface area contributed by atoms with E-state index >= 15 is 0 Å². The minimum atomic E-state index is 0.644. The van der Waals surface area contributed by atoms with E-state index in [9.17, 15) is 0 Å². The summed E-state index contributed by atoms with van der Waals surface area (Å²) in [6.07, 6.45) is 1.71. The number of benzene rings is 2. The summed E-state index contributed by atoms with van der Waals surface area (Å²) in [6, 6.07) is 16.0. The Labute approximate surface area is 105 Å². The molecule has 0 aliphatic heterocycles. The van der Waals surface area contributed by atoms with Crippen LogP contribution in [0.4, 0.5) is 5.69 Å². The minimum Gasteiger partial charge on any atom is -0.439 e. The fourth-order valence-electron chi connectivity index (χ4n) is 2.02. The van der Waals surface area contributed by atoms with Gasteiger partial charge in [0.1, 0.15) is 5.52 Å². The highest BCUT2D eigenvalue weighted by Gasteiger charge is 2.07. The number of rotatable bonds is 3. The first-order valence-corrected chi connectivity index (χ1v) is 6.01. The zero-order valence-corrected chi connectivity index (χ0v) is 9.97. The van der Waals surface area contributed by atoms with Crippen molar-refractivity contribution in [2.75, 3.05) is 5.73 Å². The lowest BCUT2D eigenvalue weighted by Crippen LogP contribution is -1.90. The quantitative estimate of drug-likeness (QED) is 0.713. The fraction of sp³-hybridized carbons (Fsp3) is 0.133. The van der Waals surface area contributed by atoms with Crippen LogP contribution in [0.2, 0.25) is 0 Å². The number of aromatic nitrogens is 1. The molecule has 0 atom stereocenters. The molecule has 0 bridgehead atoms. The predicted octanol–water partition coefficient (Wildman–Crippen LogP) is 3.20. The monoisotopic (exact) mass is 238 g/mol. The van der Waals surface area contributed by atoms with Crippen molar-refractivity contribution in [2.24, 2.45) is 0 Å². The topological polar surface area (TPSA) is 52.0 Å². The zero-order chi connectivity index (χ0) is 12.4. The number of nitrogens with zero attached hydrogens (tertiary/aromatic N) is 1. The van der Waals surface area contributed by atoms with Crippen LogP contribution in [0.1, 0.15) is 11.5 Å². The Morgan fingerprint density at radius 2 is 1.78 bits per heavy atom. The SMILES string of the molecule is Nc1cccc2nc(CCc3ccccc3)oc12. The molecule has 3 heteroatoms. The van der Waals surface area contributed by atoms with Gasteiger partial charge in [-0.15, -0.1) is 0 Å². The van der Waals surface area contributed by atoms with E-state index in [1.807, 2.05) is 36.4 Å². The summed E-state index contributed by atoms with van der Waals surface area (Å²) in [7, 11) is 0. The predicted molar refractivity (Wildman–Crippen MR) is 72.3 cm³/mol. The third-order valence-corrected chi connectivity index (χ3v) is 2.96. The second-order valence-electron chi connectivity index (χ2n) is 4.29. The number of hydrogen-bond acceptors (Lipinski definition) is 3. The molecular formula is C15H14N2O. The molecule has 0 spiro atoms. The number of anilines is 1. The van der Waals surface area contributed by atoms with Crippen molar-refractivity contribution in [2.45, 2.75) is 12.8 Å². The van der Waals surface area contributed by atoms with Crippen LogP contribution in [-0.2, 0) is 12.8 Å². The van der Waals surface area contributed by atoms with E-state index in [2.05, 4.69) is 17.1 Å². The summed E-state index contributed by atoms with van der Waals surface area (Å²) in [4.78, 5) is 4.44. The van der Waals surface area contributed by atoms with Crippen LogP contribution in [0.25, 0.3) is 11.1 Å². The first kappa shape index (κ1) is 10.8. The summed E-state index contributed by atoms with van der Waals surface area (Å²) >= 11 is 0. The van der Waals surface area contributed by atoms with E-state index in [-0.39, 0.29) is 0 Å². The minimum absolute atomic E-state index is 0.644. The lowest BCUT2D eigenvalue weighted by molar-refractivity contribution is 0.529. The molecule has 18 heavy (non-hydrogen) atoms. The van der Waals surface area contributed by atoms with Gasteiger partial charge in [-0.05, 0) is 24.1 Å². The first-order chi connectivity index (χ1) is 8.83. The maximum Gasteiger partial charge on any atom is 0.195 e. The lowest BCUT2D eigenvalue weighted by Gasteiger charge is -1.97. The summed E-state index contributed by atoms with van der Waals surface area (Å²) < 4.78 is 5.68. The van der Waals surface area contributed by atoms with Gasteiger partial charge in [0.25, 0.3) is 0 Å². The second kappa shape index (κ2) is 4.53. The lowest BCUT2D eigenvalue weighted by atomic mass is 10.1. The molecule has 90 valence electrons. The van der Waals surface area contributed by atoms with E-state index in [1.165, 1.54) is 5.56 Å². The molecule has 3 aromatic rings. The van der Waals surface area contributed by atoms with E-state index < -0.39 is 0 Å². The van der Waals surface area contributed by atoms with Gasteiger partial charge in [-0.3, -0.25) is 0 Å². The molecule has 0 aliphatic rings. The van der Waals surface area contributed by atoms with E-state index in [0.717, 1.165) is 24.2 Å². The zero-order valence-electron chi connectivity index (χ0n) is 9.97. The van der Waals surface area contributed by atoms with Crippen molar-refractivity contribution in [1.82, 2.24) is 4.98 Å². The van der Waals surface area contributed by atoms with Crippen LogP contribution in [0.15, 0.2) is 52.9 Å². The van der Waals surface area contributed by atoms with Crippen LogP contribution < -0.4 is 5.73 Å². The van der Waals surface area contributed by atoms with Crippen molar-refractivity contribution in [3.8, 4) is 0 Å². The van der Waals surface area contributed by atoms with Crippen LogP contribution >= 0.6 is 0 Å². The molecule has 0 aliphatic carbocycles. The molecular weight excluding hydrogens is 224 g/mol. The molecule has 2 N–H and O–H groups in total. The molecule has 3 nitrogen and oxygen atoms in total. The van der Waals surface area contributed by atoms with E-state index in [4.69, 9.17) is 10.2 Å². The van der Waals surface area contributed by atoms with E-state index in [0.29, 0.717) is 11.3 Å². The molecule has 2 aromatic carbocycles. The maximum absolute atomic E-state index is 5.84. The fourth-order valence-corrected chi connectivity index (χ4v) is 2.02. The molecule has 0 saturated carbocycles. The summed E-state index contributed by atoms with van der Waals surface area (Å²) in [5.41, 5.74) is 9.30. The van der Waals surface area contributed by atoms with Crippen LogP contribution in [0.5, 0.6) is 0 Å². The average Bonchev–Trinajstić information content (AvgIpc) is 2.82. The molecule has 0 fully saturated rings. The largest absolute Gasteiger partial charge is 0.439 e. The highest BCUT2D eigenvalue weighted by Crippen LogP contribution is 2.22. The van der Waals surface area contributed by atoms with Gasteiger partial charge in [0.15, 0.2) is 11.5 Å². The Bertz CT molecular complexity index is 659. The molecule has 0 amide bonds. The summed E-state index contributed by atoms with van der Waals surface area (Å²) in [5, 5.41) is 0. The standard InChI is InChI=1S/C15H14N2O/c16-12-7-4-8-13-15(12)18-14(17-13)10-9-11-5-2-1-3-6-11/h1-8H,9-10,16H2. The molecule has 1 heterocycles. The highest BCUT2D eigenvalue weighted by molar-refractivity contribution is 5.84. The highest BCUT2D eigenvalue weighted by atomic mass is 16.3. The van der Waals surface area contributed by atoms with Crippen molar-refractivity contribution in [3.63, 3.8) is 0 Å². The van der Waals surface area contributed by atoms with Gasteiger partial charge in [-0.2, -0.15) is 0 Å². The van der Waals surface area contributed by atoms with Crippen LogP contribution in [0.3, 0.4) is 0 Å². The van der Waals surface area contributed by atoms with Gasteiger partial charge < -0.3 is 10.2 Å². The van der Waals surface area contributed by atoms with Crippen molar-refractivity contribution in [3.05, 3.63) is 60.0 Å². The molecule has 3 rings (SSSR count). The van der Waals surface area contributed by atoms with Crippen molar-refractivity contribution < 1.29 is 4.42 Å². The van der Waals surface area contributed by atoms with E-state index in [1.54, 1.807) is 0 Å². The first-order valence-electron chi connectivity index (χ1n) is 6.01. The third kappa shape index (κ3) is 2.07.